The molecule has 0 saturated heterocycles. The first-order chi connectivity index (χ1) is 9.90. The fraction of sp³-hybridized carbons (Fsp3) is 0.214. The van der Waals surface area contributed by atoms with Crippen LogP contribution in [0.25, 0.3) is 0 Å². The minimum absolute atomic E-state index is 0.0122. The fourth-order valence-electron chi connectivity index (χ4n) is 1.62. The van der Waals surface area contributed by atoms with Gasteiger partial charge in [-0.3, -0.25) is 0 Å². The molecule has 0 spiro atoms. The van der Waals surface area contributed by atoms with Crippen LogP contribution in [0.4, 0.5) is 13.2 Å². The molecule has 1 aromatic carbocycles. The van der Waals surface area contributed by atoms with Crippen LogP contribution in [-0.2, 0) is 12.8 Å². The van der Waals surface area contributed by atoms with Gasteiger partial charge in [0.25, 0.3) is 0 Å². The van der Waals surface area contributed by atoms with Crippen LogP contribution in [0.2, 0.25) is 0 Å². The number of alkyl halides is 3. The molecule has 2 aromatic rings. The largest absolute Gasteiger partial charge is 0.497 e. The maximum atomic E-state index is 12.9. The van der Waals surface area contributed by atoms with E-state index in [1.54, 1.807) is 24.3 Å². The predicted molar refractivity (Wildman–Crippen MR) is 74.3 cm³/mol. The lowest BCUT2D eigenvalue weighted by Gasteiger charge is -2.13. The number of pyridine rings is 1. The standard InChI is InChI=1S/C14H11BrF3NO2/c1-20-11-4-2-9(3-5-11)8-21-13-12(14(16,17)18)6-10(15)7-19-13/h2-7H,8H2,1H3. The van der Waals surface area contributed by atoms with E-state index in [0.717, 1.165) is 6.07 Å². The smallest absolute Gasteiger partial charge is 0.421 e. The first-order valence-electron chi connectivity index (χ1n) is 5.88. The molecule has 0 unspecified atom stereocenters. The highest BCUT2D eigenvalue weighted by Gasteiger charge is 2.35. The molecule has 0 fully saturated rings. The Morgan fingerprint density at radius 3 is 2.43 bits per heavy atom. The van der Waals surface area contributed by atoms with Crippen LogP contribution in [0.15, 0.2) is 41.0 Å². The molecule has 0 bridgehead atoms. The molecule has 0 N–H and O–H groups in total. The van der Waals surface area contributed by atoms with Crippen molar-refractivity contribution in [2.45, 2.75) is 12.8 Å². The number of benzene rings is 1. The van der Waals surface area contributed by atoms with Gasteiger partial charge in [0.2, 0.25) is 5.88 Å². The second-order valence-electron chi connectivity index (χ2n) is 4.14. The molecule has 3 nitrogen and oxygen atoms in total. The second-order valence-corrected chi connectivity index (χ2v) is 5.06. The summed E-state index contributed by atoms with van der Waals surface area (Å²) in [5.41, 5.74) is -0.195. The number of rotatable bonds is 4. The van der Waals surface area contributed by atoms with Gasteiger partial charge in [0.15, 0.2) is 0 Å². The van der Waals surface area contributed by atoms with Crippen molar-refractivity contribution in [3.8, 4) is 11.6 Å². The molecule has 0 radical (unpaired) electrons. The van der Waals surface area contributed by atoms with Crippen LogP contribution in [0.3, 0.4) is 0 Å². The number of aromatic nitrogens is 1. The lowest BCUT2D eigenvalue weighted by Crippen LogP contribution is -2.10. The Morgan fingerprint density at radius 2 is 1.86 bits per heavy atom. The molecule has 0 saturated carbocycles. The molecule has 21 heavy (non-hydrogen) atoms. The zero-order valence-corrected chi connectivity index (χ0v) is 12.5. The summed E-state index contributed by atoms with van der Waals surface area (Å²) in [6.07, 6.45) is -3.26. The number of halogens is 4. The average Bonchev–Trinajstić information content (AvgIpc) is 2.45. The van der Waals surface area contributed by atoms with Crippen molar-refractivity contribution in [3.05, 3.63) is 52.1 Å². The number of hydrogen-bond donors (Lipinski definition) is 0. The summed E-state index contributed by atoms with van der Waals surface area (Å²) < 4.78 is 49.1. The van der Waals surface area contributed by atoms with Crippen molar-refractivity contribution in [2.24, 2.45) is 0 Å². The van der Waals surface area contributed by atoms with Crippen molar-refractivity contribution in [3.63, 3.8) is 0 Å². The number of methoxy groups -OCH3 is 1. The van der Waals surface area contributed by atoms with Crippen LogP contribution in [0, 0.1) is 0 Å². The van der Waals surface area contributed by atoms with Gasteiger partial charge in [0, 0.05) is 10.7 Å². The van der Waals surface area contributed by atoms with Gasteiger partial charge in [0.05, 0.1) is 7.11 Å². The highest BCUT2D eigenvalue weighted by Crippen LogP contribution is 2.36. The van der Waals surface area contributed by atoms with Crippen LogP contribution in [-0.4, -0.2) is 12.1 Å². The molecule has 1 heterocycles. The molecule has 1 aromatic heterocycles. The Morgan fingerprint density at radius 1 is 1.19 bits per heavy atom. The second kappa shape index (κ2) is 6.34. The molecule has 0 amide bonds. The van der Waals surface area contributed by atoms with Gasteiger partial charge < -0.3 is 9.47 Å². The number of nitrogens with zero attached hydrogens (tertiary/aromatic N) is 1. The average molecular weight is 362 g/mol. The molecule has 0 aliphatic carbocycles. The lowest BCUT2D eigenvalue weighted by atomic mass is 10.2. The van der Waals surface area contributed by atoms with E-state index in [2.05, 4.69) is 20.9 Å². The minimum atomic E-state index is -4.52. The number of ether oxygens (including phenoxy) is 2. The van der Waals surface area contributed by atoms with Crippen molar-refractivity contribution in [1.82, 2.24) is 4.98 Å². The zero-order valence-electron chi connectivity index (χ0n) is 10.9. The Hall–Kier alpha value is -1.76. The van der Waals surface area contributed by atoms with Crippen molar-refractivity contribution in [1.29, 1.82) is 0 Å². The Balaban J connectivity index is 2.15. The van der Waals surface area contributed by atoms with E-state index >= 15 is 0 Å². The topological polar surface area (TPSA) is 31.4 Å². The fourth-order valence-corrected chi connectivity index (χ4v) is 1.95. The summed E-state index contributed by atoms with van der Waals surface area (Å²) in [5.74, 6) is 0.220. The van der Waals surface area contributed by atoms with E-state index < -0.39 is 17.6 Å². The van der Waals surface area contributed by atoms with Crippen LogP contribution < -0.4 is 9.47 Å². The van der Waals surface area contributed by atoms with Crippen molar-refractivity contribution in [2.75, 3.05) is 7.11 Å². The summed E-state index contributed by atoms with van der Waals surface area (Å²) in [6.45, 7) is -0.0122. The maximum Gasteiger partial charge on any atom is 0.421 e. The van der Waals surface area contributed by atoms with E-state index in [-0.39, 0.29) is 11.1 Å². The molecular weight excluding hydrogens is 351 g/mol. The molecular formula is C14H11BrF3NO2. The van der Waals surface area contributed by atoms with Crippen LogP contribution in [0.5, 0.6) is 11.6 Å². The molecule has 2 rings (SSSR count). The molecule has 112 valence electrons. The normalized spacial score (nSPS) is 11.3. The van der Waals surface area contributed by atoms with Gasteiger partial charge in [0.1, 0.15) is 17.9 Å². The number of hydrogen-bond acceptors (Lipinski definition) is 3. The predicted octanol–water partition coefficient (Wildman–Crippen LogP) is 4.45. The van der Waals surface area contributed by atoms with Gasteiger partial charge in [-0.15, -0.1) is 0 Å². The quantitative estimate of drug-likeness (QED) is 0.805. The molecule has 7 heteroatoms. The van der Waals surface area contributed by atoms with Crippen molar-refractivity contribution < 1.29 is 22.6 Å². The Bertz CT molecular complexity index is 615. The first-order valence-corrected chi connectivity index (χ1v) is 6.68. The third-order valence-electron chi connectivity index (χ3n) is 2.66. The van der Waals surface area contributed by atoms with Gasteiger partial charge in [-0.05, 0) is 39.7 Å². The summed E-state index contributed by atoms with van der Waals surface area (Å²) >= 11 is 2.97. The highest BCUT2D eigenvalue weighted by molar-refractivity contribution is 9.10. The summed E-state index contributed by atoms with van der Waals surface area (Å²) in [6, 6.07) is 7.78. The highest BCUT2D eigenvalue weighted by atomic mass is 79.9. The molecule has 0 aliphatic heterocycles. The van der Waals surface area contributed by atoms with E-state index in [4.69, 9.17) is 9.47 Å². The van der Waals surface area contributed by atoms with Crippen molar-refractivity contribution >= 4 is 15.9 Å². The molecule has 0 atom stereocenters. The first kappa shape index (κ1) is 15.6. The summed E-state index contributed by atoms with van der Waals surface area (Å²) in [5, 5.41) is 0. The summed E-state index contributed by atoms with van der Waals surface area (Å²) in [7, 11) is 1.53. The third kappa shape index (κ3) is 4.10. The minimum Gasteiger partial charge on any atom is -0.497 e. The lowest BCUT2D eigenvalue weighted by molar-refractivity contribution is -0.139. The van der Waals surface area contributed by atoms with Crippen LogP contribution >= 0.6 is 15.9 Å². The van der Waals surface area contributed by atoms with Crippen LogP contribution in [0.1, 0.15) is 11.1 Å². The Labute approximate surface area is 127 Å². The Kier molecular flexibility index (Phi) is 4.72. The summed E-state index contributed by atoms with van der Waals surface area (Å²) in [4.78, 5) is 3.68. The van der Waals surface area contributed by atoms with E-state index in [1.165, 1.54) is 13.3 Å². The van der Waals surface area contributed by atoms with Gasteiger partial charge in [-0.2, -0.15) is 13.2 Å². The monoisotopic (exact) mass is 361 g/mol. The molecule has 0 aliphatic rings. The van der Waals surface area contributed by atoms with E-state index in [9.17, 15) is 13.2 Å². The third-order valence-corrected chi connectivity index (χ3v) is 3.09. The van der Waals surface area contributed by atoms with Gasteiger partial charge in [-0.1, -0.05) is 12.1 Å². The van der Waals surface area contributed by atoms with E-state index in [0.29, 0.717) is 11.3 Å². The maximum absolute atomic E-state index is 12.9. The van der Waals surface area contributed by atoms with Gasteiger partial charge in [-0.25, -0.2) is 4.98 Å². The SMILES string of the molecule is COc1ccc(COc2ncc(Br)cc2C(F)(F)F)cc1. The zero-order chi connectivity index (χ0) is 15.5. The van der Waals surface area contributed by atoms with Gasteiger partial charge >= 0.3 is 6.18 Å². The van der Waals surface area contributed by atoms with E-state index in [1.807, 2.05) is 0 Å².